The second-order valence-corrected chi connectivity index (χ2v) is 9.28. The molecule has 1 aromatic rings. The summed E-state index contributed by atoms with van der Waals surface area (Å²) in [7, 11) is 3.63. The van der Waals surface area contributed by atoms with Crippen molar-refractivity contribution in [2.24, 2.45) is 0 Å². The lowest BCUT2D eigenvalue weighted by Crippen LogP contribution is -2.30. The van der Waals surface area contributed by atoms with Gasteiger partial charge in [0.25, 0.3) is 5.91 Å². The van der Waals surface area contributed by atoms with E-state index in [2.05, 4.69) is 35.5 Å². The normalized spacial score (nSPS) is 12.9. The maximum Gasteiger partial charge on any atom is 0.257 e. The highest BCUT2D eigenvalue weighted by atomic mass is 16.5. The number of hydrogen-bond donors (Lipinski definition) is 1. The molecule has 6 heteroatoms. The molecule has 0 saturated carbocycles. The highest BCUT2D eigenvalue weighted by Crippen LogP contribution is 2.31. The predicted molar refractivity (Wildman–Crippen MR) is 143 cm³/mol. The van der Waals surface area contributed by atoms with E-state index in [0.29, 0.717) is 24.7 Å². The van der Waals surface area contributed by atoms with E-state index < -0.39 is 0 Å². The van der Waals surface area contributed by atoms with Gasteiger partial charge < -0.3 is 24.4 Å². The maximum absolute atomic E-state index is 12.2. The molecule has 1 amide bonds. The van der Waals surface area contributed by atoms with Gasteiger partial charge in [0.05, 0.1) is 13.7 Å². The van der Waals surface area contributed by atoms with Crippen LogP contribution in [0.1, 0.15) is 77.6 Å². The van der Waals surface area contributed by atoms with Gasteiger partial charge in [-0.2, -0.15) is 0 Å². The van der Waals surface area contributed by atoms with Gasteiger partial charge in [0.2, 0.25) is 0 Å². The molecular formula is C29H46N2O4. The Balaban J connectivity index is 1.59. The van der Waals surface area contributed by atoms with Crippen LogP contribution in [0, 0.1) is 0 Å². The molecule has 0 aliphatic carbocycles. The van der Waals surface area contributed by atoms with Crippen LogP contribution in [0.4, 0.5) is 0 Å². The third-order valence-corrected chi connectivity index (χ3v) is 6.11. The number of nitrogens with one attached hydrogen (secondary N) is 1. The Morgan fingerprint density at radius 2 is 1.69 bits per heavy atom. The Labute approximate surface area is 212 Å². The number of amides is 1. The fraction of sp³-hybridized carbons (Fsp3) is 0.621. The van der Waals surface area contributed by atoms with E-state index in [0.717, 1.165) is 25.1 Å². The van der Waals surface area contributed by atoms with Crippen LogP contribution in [-0.2, 0) is 4.79 Å². The van der Waals surface area contributed by atoms with Crippen LogP contribution in [0.15, 0.2) is 42.1 Å². The van der Waals surface area contributed by atoms with Crippen LogP contribution in [0.2, 0.25) is 0 Å². The Morgan fingerprint density at radius 3 is 2.37 bits per heavy atom. The van der Waals surface area contributed by atoms with Gasteiger partial charge >= 0.3 is 0 Å². The van der Waals surface area contributed by atoms with Crippen molar-refractivity contribution in [2.75, 3.05) is 40.5 Å². The molecule has 1 heterocycles. The van der Waals surface area contributed by atoms with Gasteiger partial charge in [-0.1, -0.05) is 76.9 Å². The third-order valence-electron chi connectivity index (χ3n) is 6.11. The van der Waals surface area contributed by atoms with Gasteiger partial charge in [-0.15, -0.1) is 0 Å². The summed E-state index contributed by atoms with van der Waals surface area (Å²) >= 11 is 0. The van der Waals surface area contributed by atoms with Crippen molar-refractivity contribution in [3.05, 3.63) is 42.1 Å². The SMILES string of the molecule is CCCCCCCCCCCCOc1ccc(OCC(=O)NCCC2=CN(C)CC=C2)c(OC)c1. The maximum atomic E-state index is 12.2. The first-order valence-electron chi connectivity index (χ1n) is 13.4. The number of carbonyl (C=O) groups excluding carboxylic acids is 1. The van der Waals surface area contributed by atoms with Gasteiger partial charge in [0, 0.05) is 32.4 Å². The van der Waals surface area contributed by atoms with E-state index in [9.17, 15) is 4.79 Å². The van der Waals surface area contributed by atoms with Crippen molar-refractivity contribution < 1.29 is 19.0 Å². The number of hydrogen-bond acceptors (Lipinski definition) is 5. The van der Waals surface area contributed by atoms with E-state index >= 15 is 0 Å². The molecule has 0 atom stereocenters. The van der Waals surface area contributed by atoms with Crippen LogP contribution < -0.4 is 19.5 Å². The molecule has 0 fully saturated rings. The number of allylic oxidation sites excluding steroid dienone is 1. The summed E-state index contributed by atoms with van der Waals surface area (Å²) < 4.78 is 17.0. The summed E-state index contributed by atoms with van der Waals surface area (Å²) in [6.45, 7) is 4.41. The molecule has 1 aromatic carbocycles. The van der Waals surface area contributed by atoms with Gasteiger partial charge in [-0.3, -0.25) is 4.79 Å². The van der Waals surface area contributed by atoms with E-state index in [1.807, 2.05) is 19.2 Å². The summed E-state index contributed by atoms with van der Waals surface area (Å²) in [4.78, 5) is 14.3. The van der Waals surface area contributed by atoms with E-state index in [1.54, 1.807) is 13.2 Å². The Hall–Kier alpha value is -2.63. The minimum atomic E-state index is -0.151. The largest absolute Gasteiger partial charge is 0.493 e. The zero-order valence-corrected chi connectivity index (χ0v) is 22.2. The number of unbranched alkanes of at least 4 members (excludes halogenated alkanes) is 9. The monoisotopic (exact) mass is 486 g/mol. The molecule has 196 valence electrons. The first-order valence-corrected chi connectivity index (χ1v) is 13.4. The van der Waals surface area contributed by atoms with Gasteiger partial charge in [-0.05, 0) is 30.5 Å². The molecule has 6 nitrogen and oxygen atoms in total. The summed E-state index contributed by atoms with van der Waals surface area (Å²) in [6, 6.07) is 5.49. The summed E-state index contributed by atoms with van der Waals surface area (Å²) in [5.41, 5.74) is 1.20. The molecule has 1 N–H and O–H groups in total. The number of benzene rings is 1. The summed E-state index contributed by atoms with van der Waals surface area (Å²) in [6.07, 6.45) is 20.2. The average Bonchev–Trinajstić information content (AvgIpc) is 2.86. The molecule has 0 saturated heterocycles. The van der Waals surface area contributed by atoms with E-state index in [4.69, 9.17) is 14.2 Å². The topological polar surface area (TPSA) is 60.0 Å². The lowest BCUT2D eigenvalue weighted by atomic mass is 10.1. The zero-order chi connectivity index (χ0) is 25.1. The Bertz CT molecular complexity index is 791. The van der Waals surface area contributed by atoms with E-state index in [-0.39, 0.29) is 12.5 Å². The number of nitrogens with zero attached hydrogens (tertiary/aromatic N) is 1. The fourth-order valence-electron chi connectivity index (χ4n) is 4.07. The first kappa shape index (κ1) is 28.6. The smallest absolute Gasteiger partial charge is 0.257 e. The third kappa shape index (κ3) is 12.6. The van der Waals surface area contributed by atoms with Crippen molar-refractivity contribution in [3.63, 3.8) is 0 Å². The lowest BCUT2D eigenvalue weighted by molar-refractivity contribution is -0.123. The van der Waals surface area contributed by atoms with Crippen molar-refractivity contribution in [1.82, 2.24) is 10.2 Å². The average molecular weight is 487 g/mol. The first-order chi connectivity index (χ1) is 17.1. The van der Waals surface area contributed by atoms with Gasteiger partial charge in [-0.25, -0.2) is 0 Å². The standard InChI is InChI=1S/C29H46N2O4/c1-4-5-6-7-8-9-10-11-12-13-21-34-26-16-17-27(28(22-26)33-3)35-24-29(32)30-19-18-25-15-14-20-31(2)23-25/h14-17,22-23H,4-13,18-21,24H2,1-3H3,(H,30,32). The molecule has 0 unspecified atom stereocenters. The quantitative estimate of drug-likeness (QED) is 0.234. The fourth-order valence-corrected chi connectivity index (χ4v) is 4.07. The van der Waals surface area contributed by atoms with Crippen molar-refractivity contribution in [1.29, 1.82) is 0 Å². The molecule has 2 rings (SSSR count). The molecule has 1 aliphatic heterocycles. The highest BCUT2D eigenvalue weighted by Gasteiger charge is 2.10. The van der Waals surface area contributed by atoms with Crippen molar-refractivity contribution >= 4 is 5.91 Å². The van der Waals surface area contributed by atoms with Gasteiger partial charge in [0.15, 0.2) is 18.1 Å². The van der Waals surface area contributed by atoms with Crippen LogP contribution >= 0.6 is 0 Å². The minimum absolute atomic E-state index is 0.0516. The second-order valence-electron chi connectivity index (χ2n) is 9.28. The van der Waals surface area contributed by atoms with Crippen LogP contribution in [0.5, 0.6) is 17.2 Å². The van der Waals surface area contributed by atoms with Crippen LogP contribution in [-0.4, -0.2) is 51.3 Å². The number of ether oxygens (including phenoxy) is 3. The molecule has 35 heavy (non-hydrogen) atoms. The van der Waals surface area contributed by atoms with Gasteiger partial charge in [0.1, 0.15) is 5.75 Å². The highest BCUT2D eigenvalue weighted by molar-refractivity contribution is 5.77. The molecular weight excluding hydrogens is 440 g/mol. The summed E-state index contributed by atoms with van der Waals surface area (Å²) in [5, 5.41) is 2.90. The Kier molecular flexibility index (Phi) is 14.5. The second kappa shape index (κ2) is 17.8. The molecule has 0 spiro atoms. The summed E-state index contributed by atoms with van der Waals surface area (Å²) in [5.74, 6) is 1.71. The minimum Gasteiger partial charge on any atom is -0.493 e. The number of carbonyl (C=O) groups is 1. The number of rotatable bonds is 19. The number of likely N-dealkylation sites (N-methyl/N-ethyl adjacent to an activating group) is 1. The predicted octanol–water partition coefficient (Wildman–Crippen LogP) is 6.27. The molecule has 0 bridgehead atoms. The zero-order valence-electron chi connectivity index (χ0n) is 22.2. The van der Waals surface area contributed by atoms with Crippen LogP contribution in [0.3, 0.4) is 0 Å². The molecule has 0 radical (unpaired) electrons. The molecule has 0 aromatic heterocycles. The lowest BCUT2D eigenvalue weighted by Gasteiger charge is -2.18. The Morgan fingerprint density at radius 1 is 0.971 bits per heavy atom. The van der Waals surface area contributed by atoms with Crippen LogP contribution in [0.25, 0.3) is 0 Å². The molecule has 1 aliphatic rings. The number of methoxy groups -OCH3 is 1. The van der Waals surface area contributed by atoms with Crippen molar-refractivity contribution in [3.8, 4) is 17.2 Å². The van der Waals surface area contributed by atoms with Crippen molar-refractivity contribution in [2.45, 2.75) is 77.6 Å². The van der Waals surface area contributed by atoms with E-state index in [1.165, 1.54) is 63.4 Å².